The second kappa shape index (κ2) is 7.25. The predicted octanol–water partition coefficient (Wildman–Crippen LogP) is 0.543. The number of carboxylic acids is 3. The molecule has 0 aromatic heterocycles. The molecule has 4 N–H and O–H groups in total. The van der Waals surface area contributed by atoms with Crippen molar-refractivity contribution in [2.45, 2.75) is 19.8 Å². The molecular formula is C10H17O8P. The van der Waals surface area contributed by atoms with Gasteiger partial charge in [0.05, 0.1) is 11.8 Å². The summed E-state index contributed by atoms with van der Waals surface area (Å²) < 4.78 is 11.8. The molecule has 3 unspecified atom stereocenters. The highest BCUT2D eigenvalue weighted by molar-refractivity contribution is 7.58. The van der Waals surface area contributed by atoms with E-state index >= 15 is 0 Å². The van der Waals surface area contributed by atoms with E-state index in [4.69, 9.17) is 15.3 Å². The summed E-state index contributed by atoms with van der Waals surface area (Å²) in [6.45, 7) is 1.25. The van der Waals surface area contributed by atoms with Gasteiger partial charge in [-0.1, -0.05) is 6.92 Å². The summed E-state index contributed by atoms with van der Waals surface area (Å²) >= 11 is 0. The molecule has 0 bridgehead atoms. The molecule has 3 atom stereocenters. The topological polar surface area (TPSA) is 149 Å². The molecule has 0 saturated carbocycles. The molecule has 110 valence electrons. The van der Waals surface area contributed by atoms with Gasteiger partial charge in [-0.15, -0.1) is 0 Å². The Morgan fingerprint density at radius 1 is 1.05 bits per heavy atom. The highest BCUT2D eigenvalue weighted by Gasteiger charge is 2.32. The number of aliphatic carboxylic acids is 3. The van der Waals surface area contributed by atoms with Crippen molar-refractivity contribution < 1.29 is 39.2 Å². The molecule has 0 aliphatic carbocycles. The maximum absolute atomic E-state index is 11.8. The van der Waals surface area contributed by atoms with Crippen LogP contribution in [0.15, 0.2) is 0 Å². The van der Waals surface area contributed by atoms with Gasteiger partial charge < -0.3 is 20.2 Å². The van der Waals surface area contributed by atoms with Crippen molar-refractivity contribution in [2.24, 2.45) is 11.8 Å². The average Bonchev–Trinajstić information content (AvgIpc) is 2.22. The van der Waals surface area contributed by atoms with Crippen molar-refractivity contribution in [3.05, 3.63) is 0 Å². The van der Waals surface area contributed by atoms with Gasteiger partial charge in [0.15, 0.2) is 0 Å². The van der Waals surface area contributed by atoms with E-state index in [9.17, 15) is 23.8 Å². The van der Waals surface area contributed by atoms with E-state index in [-0.39, 0.29) is 6.42 Å². The van der Waals surface area contributed by atoms with Crippen LogP contribution in [0, 0.1) is 11.8 Å². The van der Waals surface area contributed by atoms with Crippen molar-refractivity contribution in [1.29, 1.82) is 0 Å². The van der Waals surface area contributed by atoms with Crippen LogP contribution in [0.2, 0.25) is 0 Å². The molecule has 0 aliphatic heterocycles. The fourth-order valence-electron chi connectivity index (χ4n) is 1.52. The molecule has 0 amide bonds. The third-order valence-electron chi connectivity index (χ3n) is 2.54. The summed E-state index contributed by atoms with van der Waals surface area (Å²) in [6, 6.07) is 0. The smallest absolute Gasteiger partial charge is 0.307 e. The van der Waals surface area contributed by atoms with E-state index in [1.807, 2.05) is 0 Å². The number of hydrogen-bond donors (Lipinski definition) is 4. The second-order valence-electron chi connectivity index (χ2n) is 4.42. The standard InChI is InChI=1S/C10H17O8P/c1-6(9(13)14)4-19(17,18)5-7(10(15)16)2-3-8(11)12/h6-7H,2-5H2,1H3,(H,11,12)(H,13,14)(H,15,16)(H,17,18). The molecule has 0 aliphatic rings. The quantitative estimate of drug-likeness (QED) is 0.450. The Morgan fingerprint density at radius 3 is 1.95 bits per heavy atom. The molecule has 0 heterocycles. The van der Waals surface area contributed by atoms with Crippen LogP contribution >= 0.6 is 7.37 Å². The maximum atomic E-state index is 11.8. The highest BCUT2D eigenvalue weighted by atomic mass is 31.2. The lowest BCUT2D eigenvalue weighted by molar-refractivity contribution is -0.142. The van der Waals surface area contributed by atoms with Crippen molar-refractivity contribution in [3.8, 4) is 0 Å². The Morgan fingerprint density at radius 2 is 1.58 bits per heavy atom. The maximum Gasteiger partial charge on any atom is 0.307 e. The summed E-state index contributed by atoms with van der Waals surface area (Å²) in [5, 5.41) is 25.9. The van der Waals surface area contributed by atoms with Gasteiger partial charge in [-0.25, -0.2) is 0 Å². The molecular weight excluding hydrogens is 279 g/mol. The van der Waals surface area contributed by atoms with E-state index in [1.165, 1.54) is 6.92 Å². The van der Waals surface area contributed by atoms with Crippen LogP contribution in [0.25, 0.3) is 0 Å². The molecule has 0 fully saturated rings. The number of rotatable bonds is 9. The average molecular weight is 296 g/mol. The Kier molecular flexibility index (Phi) is 6.72. The van der Waals surface area contributed by atoms with E-state index < -0.39 is 55.9 Å². The number of hydrogen-bond acceptors (Lipinski definition) is 4. The minimum absolute atomic E-state index is 0.267. The third-order valence-corrected chi connectivity index (χ3v) is 4.67. The van der Waals surface area contributed by atoms with Gasteiger partial charge in [0.2, 0.25) is 7.37 Å². The first kappa shape index (κ1) is 17.6. The fraction of sp³-hybridized carbons (Fsp3) is 0.700. The zero-order valence-corrected chi connectivity index (χ0v) is 11.2. The Balaban J connectivity index is 4.64. The second-order valence-corrected chi connectivity index (χ2v) is 6.84. The highest BCUT2D eigenvalue weighted by Crippen LogP contribution is 2.45. The molecule has 9 heteroatoms. The lowest BCUT2D eigenvalue weighted by Crippen LogP contribution is -2.22. The van der Waals surface area contributed by atoms with Crippen LogP contribution in [0.1, 0.15) is 19.8 Å². The molecule has 0 aromatic carbocycles. The zero-order chi connectivity index (χ0) is 15.2. The summed E-state index contributed by atoms with van der Waals surface area (Å²) in [6.07, 6.45) is -1.84. The largest absolute Gasteiger partial charge is 0.481 e. The SMILES string of the molecule is CC(CP(=O)(O)CC(CCC(=O)O)C(=O)O)C(=O)O. The van der Waals surface area contributed by atoms with Gasteiger partial charge in [-0.05, 0) is 6.42 Å². The van der Waals surface area contributed by atoms with Gasteiger partial charge in [-0.3, -0.25) is 18.9 Å². The lowest BCUT2D eigenvalue weighted by Gasteiger charge is -2.18. The minimum atomic E-state index is -3.93. The van der Waals surface area contributed by atoms with Gasteiger partial charge in [-0.2, -0.15) is 0 Å². The van der Waals surface area contributed by atoms with E-state index in [2.05, 4.69) is 0 Å². The minimum Gasteiger partial charge on any atom is -0.481 e. The van der Waals surface area contributed by atoms with E-state index in [1.54, 1.807) is 0 Å². The summed E-state index contributed by atoms with van der Waals surface area (Å²) in [4.78, 5) is 41.4. The summed E-state index contributed by atoms with van der Waals surface area (Å²) in [7, 11) is -3.93. The molecule has 0 radical (unpaired) electrons. The van der Waals surface area contributed by atoms with Gasteiger partial charge in [0.1, 0.15) is 0 Å². The van der Waals surface area contributed by atoms with E-state index in [0.717, 1.165) is 0 Å². The van der Waals surface area contributed by atoms with Crippen LogP contribution in [0.5, 0.6) is 0 Å². The van der Waals surface area contributed by atoms with Crippen LogP contribution in [-0.4, -0.2) is 50.4 Å². The molecule has 0 aromatic rings. The Bertz CT molecular complexity index is 404. The van der Waals surface area contributed by atoms with Crippen LogP contribution in [-0.2, 0) is 18.9 Å². The first-order chi connectivity index (χ1) is 8.55. The first-order valence-electron chi connectivity index (χ1n) is 5.53. The molecule has 0 rings (SSSR count). The third kappa shape index (κ3) is 7.58. The zero-order valence-electron chi connectivity index (χ0n) is 10.4. The first-order valence-corrected chi connectivity index (χ1v) is 7.56. The van der Waals surface area contributed by atoms with Crippen LogP contribution in [0.4, 0.5) is 0 Å². The van der Waals surface area contributed by atoms with Gasteiger partial charge in [0, 0.05) is 18.7 Å². The Hall–Kier alpha value is -1.40. The van der Waals surface area contributed by atoms with Gasteiger partial charge in [0.25, 0.3) is 0 Å². The van der Waals surface area contributed by atoms with Crippen molar-refractivity contribution >= 4 is 25.3 Å². The monoisotopic (exact) mass is 296 g/mol. The van der Waals surface area contributed by atoms with Crippen molar-refractivity contribution in [3.63, 3.8) is 0 Å². The molecule has 0 saturated heterocycles. The summed E-state index contributed by atoms with van der Waals surface area (Å²) in [5.41, 5.74) is 0. The molecule has 0 spiro atoms. The predicted molar refractivity (Wildman–Crippen MR) is 64.4 cm³/mol. The van der Waals surface area contributed by atoms with E-state index in [0.29, 0.717) is 0 Å². The fourth-order valence-corrected chi connectivity index (χ4v) is 3.70. The van der Waals surface area contributed by atoms with Crippen LogP contribution in [0.3, 0.4) is 0 Å². The summed E-state index contributed by atoms with van der Waals surface area (Å²) in [5.74, 6) is -6.14. The lowest BCUT2D eigenvalue weighted by atomic mass is 10.1. The van der Waals surface area contributed by atoms with Crippen LogP contribution < -0.4 is 0 Å². The van der Waals surface area contributed by atoms with Gasteiger partial charge >= 0.3 is 17.9 Å². The van der Waals surface area contributed by atoms with Crippen molar-refractivity contribution in [1.82, 2.24) is 0 Å². The number of carboxylic acid groups (broad SMARTS) is 3. The normalized spacial score (nSPS) is 17.2. The Labute approximate surface area is 109 Å². The molecule has 8 nitrogen and oxygen atoms in total. The molecule has 19 heavy (non-hydrogen) atoms. The van der Waals surface area contributed by atoms with Crippen molar-refractivity contribution in [2.75, 3.05) is 12.3 Å². The number of carbonyl (C=O) groups is 3.